The van der Waals surface area contributed by atoms with Crippen molar-refractivity contribution in [2.45, 2.75) is 19.6 Å². The Morgan fingerprint density at radius 2 is 1.00 bits per heavy atom. The van der Waals surface area contributed by atoms with E-state index in [1.54, 1.807) is 0 Å². The summed E-state index contributed by atoms with van der Waals surface area (Å²) in [5, 5.41) is 0. The first kappa shape index (κ1) is 27.0. The van der Waals surface area contributed by atoms with E-state index in [9.17, 15) is 4.79 Å². The van der Waals surface area contributed by atoms with Gasteiger partial charge in [0.2, 0.25) is 0 Å². The zero-order valence-electron chi connectivity index (χ0n) is 20.0. The van der Waals surface area contributed by atoms with Crippen LogP contribution in [0.4, 0.5) is 0 Å². The molecule has 192 valence electrons. The molecule has 2 atom stereocenters. The molecular weight excluding hydrogens is 444 g/mol. The molecule has 34 heavy (non-hydrogen) atoms. The van der Waals surface area contributed by atoms with Crippen LogP contribution in [0.3, 0.4) is 0 Å². The van der Waals surface area contributed by atoms with E-state index >= 15 is 0 Å². The minimum atomic E-state index is -0.162. The zero-order chi connectivity index (χ0) is 23.7. The molecule has 1 aromatic carbocycles. The van der Waals surface area contributed by atoms with Gasteiger partial charge in [0.1, 0.15) is 6.61 Å². The Morgan fingerprint density at radius 1 is 0.559 bits per heavy atom. The summed E-state index contributed by atoms with van der Waals surface area (Å²) in [6, 6.07) is 7.84. The second-order valence-corrected chi connectivity index (χ2v) is 8.17. The second kappa shape index (κ2) is 16.9. The summed E-state index contributed by atoms with van der Waals surface area (Å²) in [4.78, 5) is 12.4. The molecule has 0 radical (unpaired) electrons. The molecule has 0 spiro atoms. The first-order valence-electron chi connectivity index (χ1n) is 12.1. The Kier molecular flexibility index (Phi) is 13.5. The van der Waals surface area contributed by atoms with Crippen molar-refractivity contribution < 1.29 is 42.7 Å². The Labute approximate surface area is 201 Å². The number of fused-ring (bicyclic) bond motifs is 2. The van der Waals surface area contributed by atoms with E-state index in [0.29, 0.717) is 92.5 Å². The number of benzene rings is 1. The normalized spacial score (nSPS) is 26.2. The third-order valence-electron chi connectivity index (χ3n) is 5.54. The number of cyclic esters (lactones) is 1. The number of hydrogen-bond acceptors (Lipinski definition) is 9. The molecule has 1 aliphatic carbocycles. The molecule has 0 bridgehead atoms. The van der Waals surface area contributed by atoms with Crippen LogP contribution in [0.2, 0.25) is 0 Å². The second-order valence-electron chi connectivity index (χ2n) is 8.17. The van der Waals surface area contributed by atoms with E-state index < -0.39 is 0 Å². The van der Waals surface area contributed by atoms with E-state index in [1.165, 1.54) is 0 Å². The minimum Gasteiger partial charge on any atom is -0.461 e. The van der Waals surface area contributed by atoms with Crippen LogP contribution in [0.25, 0.3) is 0 Å². The number of carbonyl (C=O) groups is 1. The molecule has 0 amide bonds. The molecule has 0 unspecified atom stereocenters. The van der Waals surface area contributed by atoms with Crippen molar-refractivity contribution in [1.82, 2.24) is 0 Å². The number of esters is 1. The smallest absolute Gasteiger partial charge is 0.309 e. The van der Waals surface area contributed by atoms with Crippen LogP contribution in [0, 0.1) is 11.8 Å². The van der Waals surface area contributed by atoms with E-state index in [2.05, 4.69) is 0 Å². The van der Waals surface area contributed by atoms with Crippen molar-refractivity contribution in [3.8, 4) is 0 Å². The predicted molar refractivity (Wildman–Crippen MR) is 122 cm³/mol. The largest absolute Gasteiger partial charge is 0.461 e. The van der Waals surface area contributed by atoms with E-state index in [-0.39, 0.29) is 24.4 Å². The lowest BCUT2D eigenvalue weighted by Gasteiger charge is -2.11. The molecule has 1 aliphatic heterocycles. The van der Waals surface area contributed by atoms with E-state index in [4.69, 9.17) is 37.9 Å². The van der Waals surface area contributed by atoms with Crippen LogP contribution in [-0.4, -0.2) is 91.9 Å². The number of ether oxygens (including phenoxy) is 8. The van der Waals surface area contributed by atoms with Gasteiger partial charge in [0.15, 0.2) is 0 Å². The van der Waals surface area contributed by atoms with Gasteiger partial charge < -0.3 is 37.9 Å². The van der Waals surface area contributed by atoms with Gasteiger partial charge in [0.25, 0.3) is 0 Å². The van der Waals surface area contributed by atoms with Crippen molar-refractivity contribution in [2.75, 3.05) is 85.9 Å². The average Bonchev–Trinajstić information content (AvgIpc) is 3.63. The molecule has 0 N–H and O–H groups in total. The van der Waals surface area contributed by atoms with Gasteiger partial charge >= 0.3 is 5.97 Å². The van der Waals surface area contributed by atoms with Crippen LogP contribution >= 0.6 is 0 Å². The van der Waals surface area contributed by atoms with Gasteiger partial charge in [-0.15, -0.1) is 0 Å². The summed E-state index contributed by atoms with van der Waals surface area (Å²) in [5.74, 6) is -0.00921. The van der Waals surface area contributed by atoms with E-state index in [1.807, 2.05) is 24.3 Å². The Balaban J connectivity index is 1.38. The maximum Gasteiger partial charge on any atom is 0.309 e. The summed E-state index contributed by atoms with van der Waals surface area (Å²) >= 11 is 0. The van der Waals surface area contributed by atoms with Crippen molar-refractivity contribution in [2.24, 2.45) is 11.8 Å². The highest BCUT2D eigenvalue weighted by Gasteiger charge is 2.44. The Morgan fingerprint density at radius 3 is 1.53 bits per heavy atom. The van der Waals surface area contributed by atoms with Crippen LogP contribution in [-0.2, 0) is 55.9 Å². The number of hydrogen-bond donors (Lipinski definition) is 0. The molecule has 9 heteroatoms. The first-order chi connectivity index (χ1) is 16.8. The highest BCUT2D eigenvalue weighted by molar-refractivity contribution is 5.75. The summed E-state index contributed by atoms with van der Waals surface area (Å²) in [6.45, 7) is 7.33. The minimum absolute atomic E-state index is 0.0760. The maximum atomic E-state index is 12.4. The van der Waals surface area contributed by atoms with Gasteiger partial charge in [0.05, 0.1) is 98.4 Å². The fourth-order valence-electron chi connectivity index (χ4n) is 3.45. The molecule has 1 heterocycles. The maximum absolute atomic E-state index is 12.4. The zero-order valence-corrected chi connectivity index (χ0v) is 20.0. The Bertz CT molecular complexity index is 684. The molecule has 1 saturated carbocycles. The Hall–Kier alpha value is -1.59. The average molecular weight is 483 g/mol. The summed E-state index contributed by atoms with van der Waals surface area (Å²) in [6.07, 6.45) is 0.811. The molecule has 2 aliphatic rings. The van der Waals surface area contributed by atoms with Crippen LogP contribution in [0.1, 0.15) is 17.5 Å². The third kappa shape index (κ3) is 11.2. The molecular formula is C25H38O9. The summed E-state index contributed by atoms with van der Waals surface area (Å²) in [5.41, 5.74) is 1.96. The lowest BCUT2D eigenvalue weighted by Crippen LogP contribution is -2.15. The van der Waals surface area contributed by atoms with Gasteiger partial charge in [-0.05, 0) is 23.5 Å². The van der Waals surface area contributed by atoms with Gasteiger partial charge in [0, 0.05) is 0 Å². The highest BCUT2D eigenvalue weighted by Crippen LogP contribution is 2.39. The topological polar surface area (TPSA) is 90.9 Å². The summed E-state index contributed by atoms with van der Waals surface area (Å²) in [7, 11) is 0. The van der Waals surface area contributed by atoms with Crippen LogP contribution in [0.5, 0.6) is 0 Å². The molecule has 0 saturated heterocycles. The van der Waals surface area contributed by atoms with Crippen molar-refractivity contribution >= 4 is 5.97 Å². The standard InChI is InChI=1S/C25H38O9/c26-25-24-17-23(24)19-33-16-14-31-12-10-29-8-6-27-5-7-28-9-11-30-13-15-32-18-21-3-1-2-4-22(21)20-34-25/h1-4,23-24H,5-20H2/t23-,24+/m0/s1. The van der Waals surface area contributed by atoms with E-state index in [0.717, 1.165) is 17.5 Å². The van der Waals surface area contributed by atoms with Crippen molar-refractivity contribution in [1.29, 1.82) is 0 Å². The fourth-order valence-corrected chi connectivity index (χ4v) is 3.45. The lowest BCUT2D eigenvalue weighted by molar-refractivity contribution is -0.147. The van der Waals surface area contributed by atoms with Gasteiger partial charge in [-0.1, -0.05) is 24.3 Å². The third-order valence-corrected chi connectivity index (χ3v) is 5.54. The van der Waals surface area contributed by atoms with Crippen molar-refractivity contribution in [3.05, 3.63) is 35.4 Å². The van der Waals surface area contributed by atoms with Gasteiger partial charge in [-0.25, -0.2) is 0 Å². The molecule has 1 fully saturated rings. The summed E-state index contributed by atoms with van der Waals surface area (Å²) < 4.78 is 44.3. The van der Waals surface area contributed by atoms with Crippen LogP contribution < -0.4 is 0 Å². The van der Waals surface area contributed by atoms with Gasteiger partial charge in [-0.2, -0.15) is 0 Å². The quantitative estimate of drug-likeness (QED) is 0.515. The molecule has 1 aromatic rings. The van der Waals surface area contributed by atoms with Crippen LogP contribution in [0.15, 0.2) is 24.3 Å². The lowest BCUT2D eigenvalue weighted by atomic mass is 10.1. The molecule has 0 aromatic heterocycles. The predicted octanol–water partition coefficient (Wildman–Crippen LogP) is 2.00. The first-order valence-corrected chi connectivity index (χ1v) is 12.1. The molecule has 9 nitrogen and oxygen atoms in total. The highest BCUT2D eigenvalue weighted by atomic mass is 16.6. The van der Waals surface area contributed by atoms with Crippen molar-refractivity contribution in [3.63, 3.8) is 0 Å². The molecule has 3 rings (SSSR count). The number of carbonyl (C=O) groups excluding carboxylic acids is 1. The SMILES string of the molecule is O=C1OCc2ccccc2COCCOCCOCCOCCOCCOCCOC[C@@H]2C[C@@H]12. The number of rotatable bonds is 0. The fraction of sp³-hybridized carbons (Fsp3) is 0.720. The monoisotopic (exact) mass is 482 g/mol. The van der Waals surface area contributed by atoms with Gasteiger partial charge in [-0.3, -0.25) is 4.79 Å².